The lowest BCUT2D eigenvalue weighted by Gasteiger charge is -2.23. The number of nitrogens with zero attached hydrogens (tertiary/aromatic N) is 3. The first-order valence-corrected chi connectivity index (χ1v) is 11.9. The Kier molecular flexibility index (Phi) is 5.18. The molecule has 2 aliphatic carbocycles. The van der Waals surface area contributed by atoms with E-state index in [1.54, 1.807) is 7.11 Å². The molecule has 9 nitrogen and oxygen atoms in total. The largest absolute Gasteiger partial charge is 0.474 e. The lowest BCUT2D eigenvalue weighted by molar-refractivity contribution is 0.0165. The Morgan fingerprint density at radius 3 is 2.88 bits per heavy atom. The third-order valence-corrected chi connectivity index (χ3v) is 7.56. The third-order valence-electron chi connectivity index (χ3n) is 6.21. The molecule has 2 aromatic rings. The van der Waals surface area contributed by atoms with Crippen LogP contribution >= 0.6 is 0 Å². The van der Waals surface area contributed by atoms with Crippen LogP contribution in [0.3, 0.4) is 0 Å². The molecule has 3 atom stereocenters. The number of ether oxygens (including phenoxy) is 2. The molecule has 0 fully saturated rings. The number of methoxy groups -OCH3 is 1. The van der Waals surface area contributed by atoms with Crippen LogP contribution in [0.15, 0.2) is 15.5 Å². The quantitative estimate of drug-likeness (QED) is 0.718. The Balaban J connectivity index is 1.47. The van der Waals surface area contributed by atoms with Crippen LogP contribution in [0.5, 0.6) is 5.88 Å². The van der Waals surface area contributed by atoms with Gasteiger partial charge < -0.3 is 14.8 Å². The molecule has 0 radical (unpaired) electrons. The maximum atomic E-state index is 14.8. The highest BCUT2D eigenvalue weighted by atomic mass is 32.2. The summed E-state index contributed by atoms with van der Waals surface area (Å²) in [6.07, 6.45) is 1.66. The number of halogens is 2. The fourth-order valence-electron chi connectivity index (χ4n) is 4.71. The van der Waals surface area contributed by atoms with Crippen LogP contribution in [0.25, 0.3) is 0 Å². The number of aromatic nitrogens is 2. The first kappa shape index (κ1) is 21.3. The molecule has 1 aromatic carbocycles. The van der Waals surface area contributed by atoms with E-state index in [-0.39, 0.29) is 42.1 Å². The molecule has 32 heavy (non-hydrogen) atoms. The number of hydrogen-bond acceptors (Lipinski definition) is 5. The van der Waals surface area contributed by atoms with Crippen LogP contribution in [0, 0.1) is 5.82 Å². The van der Waals surface area contributed by atoms with Gasteiger partial charge in [0.2, 0.25) is 5.88 Å². The van der Waals surface area contributed by atoms with E-state index in [4.69, 9.17) is 14.6 Å². The lowest BCUT2D eigenvalue weighted by Crippen LogP contribution is -2.32. The van der Waals surface area contributed by atoms with Crippen LogP contribution < -0.4 is 15.2 Å². The normalized spacial score (nSPS) is 23.0. The number of urea groups is 1. The van der Waals surface area contributed by atoms with Gasteiger partial charge in [-0.25, -0.2) is 27.6 Å². The minimum Gasteiger partial charge on any atom is -0.474 e. The predicted molar refractivity (Wildman–Crippen MR) is 111 cm³/mol. The molecule has 2 heterocycles. The van der Waals surface area contributed by atoms with Crippen molar-refractivity contribution in [3.63, 3.8) is 0 Å². The SMILES string of the molecule is CO[C@@H]1COc2c([S@](N)(=O)=NC(=O)Nc3c4c(c(F)c5c3C[C@H](F)C5)CCC4)cnn2C1. The second-order valence-corrected chi connectivity index (χ2v) is 9.98. The number of rotatable bonds is 3. The van der Waals surface area contributed by atoms with Crippen molar-refractivity contribution in [1.82, 2.24) is 9.78 Å². The fourth-order valence-corrected chi connectivity index (χ4v) is 5.71. The van der Waals surface area contributed by atoms with E-state index in [1.165, 1.54) is 10.9 Å². The van der Waals surface area contributed by atoms with E-state index < -0.39 is 22.1 Å². The summed E-state index contributed by atoms with van der Waals surface area (Å²) in [7, 11) is -2.14. The highest BCUT2D eigenvalue weighted by molar-refractivity contribution is 7.91. The van der Waals surface area contributed by atoms with Gasteiger partial charge in [0, 0.05) is 25.6 Å². The van der Waals surface area contributed by atoms with Gasteiger partial charge in [-0.05, 0) is 41.5 Å². The molecule has 3 aliphatic rings. The Morgan fingerprint density at radius 2 is 2.09 bits per heavy atom. The summed E-state index contributed by atoms with van der Waals surface area (Å²) in [6, 6.07) is -0.951. The van der Waals surface area contributed by atoms with Gasteiger partial charge in [0.15, 0.2) is 9.92 Å². The van der Waals surface area contributed by atoms with Gasteiger partial charge in [0.25, 0.3) is 0 Å². The van der Waals surface area contributed by atoms with E-state index in [0.717, 1.165) is 6.42 Å². The first-order chi connectivity index (χ1) is 15.3. The molecule has 0 saturated carbocycles. The number of nitrogens with one attached hydrogen (secondary N) is 1. The monoisotopic (exact) mass is 467 g/mol. The molecule has 12 heteroatoms. The summed E-state index contributed by atoms with van der Waals surface area (Å²) in [4.78, 5) is 12.7. The van der Waals surface area contributed by atoms with E-state index in [9.17, 15) is 17.8 Å². The average Bonchev–Trinajstić information content (AvgIpc) is 3.48. The minimum absolute atomic E-state index is 0.000546. The van der Waals surface area contributed by atoms with Gasteiger partial charge >= 0.3 is 6.03 Å². The molecule has 3 N–H and O–H groups in total. The third kappa shape index (κ3) is 3.46. The fraction of sp³-hybridized carbons (Fsp3) is 0.500. The van der Waals surface area contributed by atoms with Gasteiger partial charge in [-0.1, -0.05) is 0 Å². The minimum atomic E-state index is -3.68. The van der Waals surface area contributed by atoms with Crippen molar-refractivity contribution in [2.24, 2.45) is 9.50 Å². The number of alkyl halides is 1. The molecular weight excluding hydrogens is 444 g/mol. The summed E-state index contributed by atoms with van der Waals surface area (Å²) in [6.45, 7) is 0.598. The zero-order chi connectivity index (χ0) is 22.6. The molecule has 172 valence electrons. The maximum Gasteiger partial charge on any atom is 0.354 e. The van der Waals surface area contributed by atoms with Gasteiger partial charge in [-0.15, -0.1) is 4.36 Å². The Hall–Kier alpha value is -2.57. The van der Waals surface area contributed by atoms with Crippen molar-refractivity contribution < 1.29 is 27.3 Å². The Morgan fingerprint density at radius 1 is 1.34 bits per heavy atom. The van der Waals surface area contributed by atoms with Gasteiger partial charge in [-0.3, -0.25) is 0 Å². The summed E-state index contributed by atoms with van der Waals surface area (Å²) < 4.78 is 58.0. The molecule has 0 bridgehead atoms. The van der Waals surface area contributed by atoms with Gasteiger partial charge in [0.05, 0.1) is 12.7 Å². The van der Waals surface area contributed by atoms with E-state index in [0.29, 0.717) is 47.3 Å². The second-order valence-electron chi connectivity index (χ2n) is 8.22. The molecule has 2 amide bonds. The average molecular weight is 467 g/mol. The number of carbonyl (C=O) groups is 1. The highest BCUT2D eigenvalue weighted by Gasteiger charge is 2.34. The molecule has 1 aromatic heterocycles. The smallest absolute Gasteiger partial charge is 0.354 e. The van der Waals surface area contributed by atoms with Crippen molar-refractivity contribution in [1.29, 1.82) is 0 Å². The van der Waals surface area contributed by atoms with Crippen LogP contribution in [0.1, 0.15) is 28.7 Å². The number of fused-ring (bicyclic) bond motifs is 3. The zero-order valence-electron chi connectivity index (χ0n) is 17.4. The van der Waals surface area contributed by atoms with Crippen molar-refractivity contribution >= 4 is 21.6 Å². The zero-order valence-corrected chi connectivity index (χ0v) is 18.2. The summed E-state index contributed by atoms with van der Waals surface area (Å²) in [5.74, 6) is -0.200. The van der Waals surface area contributed by atoms with Crippen LogP contribution in [0.4, 0.5) is 19.3 Å². The molecule has 0 spiro atoms. The van der Waals surface area contributed by atoms with Gasteiger partial charge in [-0.2, -0.15) is 5.10 Å². The lowest BCUT2D eigenvalue weighted by atomic mass is 9.98. The standard InChI is InChI=1S/C20H23F2N5O4S/c1-30-11-8-27-19(31-9-11)16(7-24-27)32(23,29)26-20(28)25-18-13-4-2-3-12(13)17(22)14-5-10(21)6-15(14)18/h7,10-11H,2-6,8-9H2,1H3,(H3,23,25,26,28,29)/t10-,11+,32-/m1/s1. The number of nitrogens with two attached hydrogens (primary N) is 1. The molecule has 0 unspecified atom stereocenters. The van der Waals surface area contributed by atoms with E-state index in [1.807, 2.05) is 0 Å². The van der Waals surface area contributed by atoms with Crippen molar-refractivity contribution in [3.05, 3.63) is 34.3 Å². The van der Waals surface area contributed by atoms with Crippen molar-refractivity contribution in [3.8, 4) is 5.88 Å². The Bertz CT molecular complexity index is 1240. The Labute approximate surface area is 183 Å². The van der Waals surface area contributed by atoms with Crippen molar-refractivity contribution in [2.75, 3.05) is 19.0 Å². The molecule has 5 rings (SSSR count). The summed E-state index contributed by atoms with van der Waals surface area (Å²) >= 11 is 0. The molecule has 0 saturated heterocycles. The van der Waals surface area contributed by atoms with Crippen LogP contribution in [-0.2, 0) is 46.9 Å². The first-order valence-electron chi connectivity index (χ1n) is 10.3. The topological polar surface area (TPSA) is 121 Å². The van der Waals surface area contributed by atoms with Gasteiger partial charge in [0.1, 0.15) is 29.6 Å². The highest BCUT2D eigenvalue weighted by Crippen LogP contribution is 2.41. The number of carbonyl (C=O) groups excluding carboxylic acids is 1. The van der Waals surface area contributed by atoms with E-state index in [2.05, 4.69) is 14.8 Å². The molecular formula is C20H23F2N5O4S. The summed E-state index contributed by atoms with van der Waals surface area (Å²) in [5.41, 5.74) is 2.27. The maximum absolute atomic E-state index is 14.8. The number of amides is 2. The summed E-state index contributed by atoms with van der Waals surface area (Å²) in [5, 5.41) is 12.6. The predicted octanol–water partition coefficient (Wildman–Crippen LogP) is 2.29. The molecule has 1 aliphatic heterocycles. The van der Waals surface area contributed by atoms with Crippen LogP contribution in [0.2, 0.25) is 0 Å². The van der Waals surface area contributed by atoms with Crippen molar-refractivity contribution in [2.45, 2.75) is 55.8 Å². The second kappa shape index (κ2) is 7.78. The number of anilines is 1. The number of hydrogen-bond donors (Lipinski definition) is 2. The van der Waals surface area contributed by atoms with E-state index >= 15 is 0 Å². The number of benzene rings is 1. The van der Waals surface area contributed by atoms with Crippen LogP contribution in [-0.4, -0.2) is 46.0 Å².